The van der Waals surface area contributed by atoms with E-state index in [1.54, 1.807) is 0 Å². The molecule has 1 N–H and O–H groups in total. The number of likely N-dealkylation sites (tertiary alicyclic amines) is 1. The number of piperidine rings is 1. The highest BCUT2D eigenvalue weighted by Crippen LogP contribution is 2.22. The highest BCUT2D eigenvalue weighted by Gasteiger charge is 2.32. The van der Waals surface area contributed by atoms with Gasteiger partial charge in [-0.25, -0.2) is 0 Å². The number of carbonyl (C=O) groups excluding carboxylic acids is 1. The first-order valence-corrected chi connectivity index (χ1v) is 10.4. The van der Waals surface area contributed by atoms with Crippen LogP contribution in [-0.2, 0) is 9.53 Å². The molecule has 1 aliphatic rings. The van der Waals surface area contributed by atoms with Crippen molar-refractivity contribution >= 4 is 11.6 Å². The van der Waals surface area contributed by atoms with E-state index in [1.807, 2.05) is 38.1 Å². The van der Waals surface area contributed by atoms with Crippen LogP contribution in [0.4, 0.5) is 5.69 Å². The summed E-state index contributed by atoms with van der Waals surface area (Å²) in [5, 5.41) is 2.96. The third-order valence-corrected chi connectivity index (χ3v) is 5.20. The van der Waals surface area contributed by atoms with Crippen LogP contribution in [0.15, 0.2) is 24.3 Å². The Hall–Kier alpha value is -1.59. The minimum Gasteiger partial charge on any atom is -0.492 e. The first-order chi connectivity index (χ1) is 13.0. The summed E-state index contributed by atoms with van der Waals surface area (Å²) < 4.78 is 11.6. The molecule has 1 saturated heterocycles. The van der Waals surface area contributed by atoms with E-state index in [0.717, 1.165) is 30.3 Å². The first-order valence-electron chi connectivity index (χ1n) is 10.4. The Morgan fingerprint density at radius 1 is 1.30 bits per heavy atom. The molecular formula is C22H36N2O3. The molecule has 2 atom stereocenters. The van der Waals surface area contributed by atoms with Crippen molar-refractivity contribution < 1.29 is 14.3 Å². The number of ether oxygens (including phenoxy) is 2. The summed E-state index contributed by atoms with van der Waals surface area (Å²) >= 11 is 0. The molecule has 0 bridgehead atoms. The molecule has 0 aliphatic carbocycles. The zero-order valence-corrected chi connectivity index (χ0v) is 17.4. The van der Waals surface area contributed by atoms with Crippen molar-refractivity contribution in [2.75, 3.05) is 38.2 Å². The smallest absolute Gasteiger partial charge is 0.256 e. The number of benzene rings is 1. The maximum Gasteiger partial charge on any atom is 0.256 e. The van der Waals surface area contributed by atoms with E-state index >= 15 is 0 Å². The van der Waals surface area contributed by atoms with Crippen molar-refractivity contribution in [3.63, 3.8) is 0 Å². The number of hydrogen-bond donors (Lipinski definition) is 1. The Morgan fingerprint density at radius 3 is 2.67 bits per heavy atom. The number of anilines is 1. The fraction of sp³-hybridized carbons (Fsp3) is 0.682. The van der Waals surface area contributed by atoms with Crippen LogP contribution in [0.1, 0.15) is 53.4 Å². The Kier molecular flexibility index (Phi) is 8.58. The number of carbonyl (C=O) groups is 1. The Morgan fingerprint density at radius 2 is 2.04 bits per heavy atom. The Labute approximate surface area is 164 Å². The molecule has 1 fully saturated rings. The van der Waals surface area contributed by atoms with E-state index < -0.39 is 5.60 Å². The lowest BCUT2D eigenvalue weighted by molar-refractivity contribution is -0.139. The normalized spacial score (nSPS) is 20.1. The number of nitrogens with zero attached hydrogens (tertiary/aromatic N) is 1. The zero-order chi connectivity index (χ0) is 19.7. The van der Waals surface area contributed by atoms with E-state index in [1.165, 1.54) is 25.9 Å². The number of amides is 1. The average Bonchev–Trinajstić information content (AvgIpc) is 2.63. The lowest BCUT2D eigenvalue weighted by Crippen LogP contribution is -2.42. The van der Waals surface area contributed by atoms with E-state index in [9.17, 15) is 4.79 Å². The maximum absolute atomic E-state index is 12.6. The van der Waals surface area contributed by atoms with Gasteiger partial charge in [0.1, 0.15) is 18.0 Å². The van der Waals surface area contributed by atoms with Crippen molar-refractivity contribution in [2.45, 2.75) is 59.0 Å². The highest BCUT2D eigenvalue weighted by molar-refractivity contribution is 5.97. The minimum absolute atomic E-state index is 0.0981. The molecule has 1 aliphatic heterocycles. The highest BCUT2D eigenvalue weighted by atomic mass is 16.5. The molecule has 0 spiro atoms. The molecule has 0 saturated carbocycles. The molecular weight excluding hydrogens is 340 g/mol. The van der Waals surface area contributed by atoms with Gasteiger partial charge in [0.2, 0.25) is 0 Å². The number of nitrogens with one attached hydrogen (secondary N) is 1. The van der Waals surface area contributed by atoms with E-state index in [0.29, 0.717) is 19.6 Å². The first kappa shape index (κ1) is 21.7. The molecule has 0 unspecified atom stereocenters. The average molecular weight is 377 g/mol. The van der Waals surface area contributed by atoms with Crippen molar-refractivity contribution in [1.82, 2.24) is 4.90 Å². The molecule has 1 amide bonds. The van der Waals surface area contributed by atoms with Crippen LogP contribution in [-0.4, -0.2) is 49.3 Å². The third-order valence-electron chi connectivity index (χ3n) is 5.20. The minimum atomic E-state index is -0.787. The number of rotatable bonds is 10. The van der Waals surface area contributed by atoms with Gasteiger partial charge in [-0.1, -0.05) is 20.3 Å². The fourth-order valence-electron chi connectivity index (χ4n) is 3.73. The third kappa shape index (κ3) is 6.82. The largest absolute Gasteiger partial charge is 0.492 e. The van der Waals surface area contributed by atoms with Gasteiger partial charge in [-0.15, -0.1) is 0 Å². The molecule has 0 radical (unpaired) electrons. The summed E-state index contributed by atoms with van der Waals surface area (Å²) in [6.07, 6.45) is 4.22. The van der Waals surface area contributed by atoms with Gasteiger partial charge in [-0.2, -0.15) is 0 Å². The lowest BCUT2D eigenvalue weighted by atomic mass is 9.99. The zero-order valence-electron chi connectivity index (χ0n) is 17.4. The standard InChI is InChI=1S/C22H36N2O3/c1-5-13-22(4,27-6-2)21(25)23-19-9-11-20(12-10-19)26-16-15-24-14-7-8-18(3)17-24/h9-12,18H,5-8,13-17H2,1-4H3,(H,23,25)/t18-,22-/m0/s1. The molecule has 1 heterocycles. The molecule has 5 heteroatoms. The monoisotopic (exact) mass is 376 g/mol. The quantitative estimate of drug-likeness (QED) is 0.660. The maximum atomic E-state index is 12.6. The van der Waals surface area contributed by atoms with Crippen LogP contribution < -0.4 is 10.1 Å². The van der Waals surface area contributed by atoms with Gasteiger partial charge in [0.15, 0.2) is 0 Å². The second-order valence-electron chi connectivity index (χ2n) is 7.79. The second kappa shape index (κ2) is 10.7. The molecule has 5 nitrogen and oxygen atoms in total. The molecule has 152 valence electrons. The second-order valence-corrected chi connectivity index (χ2v) is 7.79. The van der Waals surface area contributed by atoms with Gasteiger partial charge in [0, 0.05) is 25.4 Å². The lowest BCUT2D eigenvalue weighted by Gasteiger charge is -2.30. The fourth-order valence-corrected chi connectivity index (χ4v) is 3.73. The molecule has 27 heavy (non-hydrogen) atoms. The predicted octanol–water partition coefficient (Wildman–Crippen LogP) is 4.33. The van der Waals surface area contributed by atoms with Gasteiger partial charge < -0.3 is 14.8 Å². The van der Waals surface area contributed by atoms with Crippen LogP contribution in [0, 0.1) is 5.92 Å². The molecule has 0 aromatic heterocycles. The number of hydrogen-bond acceptors (Lipinski definition) is 4. The van der Waals surface area contributed by atoms with Gasteiger partial charge in [0.05, 0.1) is 0 Å². The molecule has 2 rings (SSSR count). The van der Waals surface area contributed by atoms with E-state index in [4.69, 9.17) is 9.47 Å². The predicted molar refractivity (Wildman–Crippen MR) is 110 cm³/mol. The van der Waals surface area contributed by atoms with Crippen LogP contribution in [0.3, 0.4) is 0 Å². The topological polar surface area (TPSA) is 50.8 Å². The van der Waals surface area contributed by atoms with Gasteiger partial charge in [-0.05, 0) is 69.8 Å². The Balaban J connectivity index is 1.81. The van der Waals surface area contributed by atoms with Crippen LogP contribution >= 0.6 is 0 Å². The summed E-state index contributed by atoms with van der Waals surface area (Å²) in [5.74, 6) is 1.52. The van der Waals surface area contributed by atoms with E-state index in [-0.39, 0.29) is 5.91 Å². The van der Waals surface area contributed by atoms with Crippen molar-refractivity contribution in [2.24, 2.45) is 5.92 Å². The SMILES string of the molecule is CCC[C@](C)(OCC)C(=O)Nc1ccc(OCCN2CCC[C@H](C)C2)cc1. The molecule has 1 aromatic carbocycles. The summed E-state index contributed by atoms with van der Waals surface area (Å²) in [4.78, 5) is 15.1. The summed E-state index contributed by atoms with van der Waals surface area (Å²) in [6.45, 7) is 12.7. The van der Waals surface area contributed by atoms with Crippen molar-refractivity contribution in [1.29, 1.82) is 0 Å². The summed E-state index contributed by atoms with van der Waals surface area (Å²) in [5.41, 5.74) is -0.0243. The van der Waals surface area contributed by atoms with Crippen molar-refractivity contribution in [3.8, 4) is 5.75 Å². The van der Waals surface area contributed by atoms with Gasteiger partial charge in [0.25, 0.3) is 5.91 Å². The van der Waals surface area contributed by atoms with Crippen LogP contribution in [0.5, 0.6) is 5.75 Å². The van der Waals surface area contributed by atoms with Crippen molar-refractivity contribution in [3.05, 3.63) is 24.3 Å². The molecule has 1 aromatic rings. The van der Waals surface area contributed by atoms with Crippen LogP contribution in [0.25, 0.3) is 0 Å². The van der Waals surface area contributed by atoms with Crippen LogP contribution in [0.2, 0.25) is 0 Å². The van der Waals surface area contributed by atoms with Gasteiger partial charge in [-0.3, -0.25) is 9.69 Å². The Bertz CT molecular complexity index is 567. The van der Waals surface area contributed by atoms with E-state index in [2.05, 4.69) is 24.1 Å². The summed E-state index contributed by atoms with van der Waals surface area (Å²) in [7, 11) is 0. The van der Waals surface area contributed by atoms with Gasteiger partial charge >= 0.3 is 0 Å². The summed E-state index contributed by atoms with van der Waals surface area (Å²) in [6, 6.07) is 7.58.